The van der Waals surface area contributed by atoms with Crippen LogP contribution in [0, 0.1) is 0 Å². The lowest BCUT2D eigenvalue weighted by molar-refractivity contribution is -0.148. The first kappa shape index (κ1) is 23.7. The van der Waals surface area contributed by atoms with Gasteiger partial charge in [0.2, 0.25) is 0 Å². The van der Waals surface area contributed by atoms with Gasteiger partial charge in [-0.15, -0.1) is 0 Å². The molecule has 0 aliphatic heterocycles. The number of carbonyl (C=O) groups excluding carboxylic acids is 3. The van der Waals surface area contributed by atoms with Crippen molar-refractivity contribution in [3.8, 4) is 11.5 Å². The van der Waals surface area contributed by atoms with Gasteiger partial charge in [0.15, 0.2) is 11.5 Å². The summed E-state index contributed by atoms with van der Waals surface area (Å²) in [6.45, 7) is 3.48. The van der Waals surface area contributed by atoms with E-state index in [0.717, 1.165) is 0 Å². The molecule has 2 N–H and O–H groups in total. The number of benzene rings is 3. The number of hydrogen-bond acceptors (Lipinski definition) is 7. The molecule has 0 bridgehead atoms. The summed E-state index contributed by atoms with van der Waals surface area (Å²) in [6, 6.07) is 20.7. The molecular formula is C26H25NO6. The minimum atomic E-state index is -0.900. The third-order valence-corrected chi connectivity index (χ3v) is 4.54. The van der Waals surface area contributed by atoms with Gasteiger partial charge in [0, 0.05) is 0 Å². The molecular weight excluding hydrogens is 422 g/mol. The summed E-state index contributed by atoms with van der Waals surface area (Å²) in [7, 11) is 0. The molecule has 7 nitrogen and oxygen atoms in total. The Morgan fingerprint density at radius 1 is 0.758 bits per heavy atom. The molecule has 3 rings (SSSR count). The van der Waals surface area contributed by atoms with Gasteiger partial charge >= 0.3 is 17.9 Å². The molecule has 0 fully saturated rings. The Bertz CT molecular complexity index is 1110. The van der Waals surface area contributed by atoms with Gasteiger partial charge in [-0.1, -0.05) is 42.5 Å². The molecule has 0 saturated heterocycles. The van der Waals surface area contributed by atoms with E-state index >= 15 is 0 Å². The van der Waals surface area contributed by atoms with Gasteiger partial charge in [-0.3, -0.25) is 4.79 Å². The molecule has 1 unspecified atom stereocenters. The van der Waals surface area contributed by atoms with E-state index in [9.17, 15) is 14.4 Å². The first-order valence-corrected chi connectivity index (χ1v) is 10.5. The third kappa shape index (κ3) is 6.75. The summed E-state index contributed by atoms with van der Waals surface area (Å²) >= 11 is 0. The molecule has 3 aromatic carbocycles. The largest absolute Gasteiger partial charge is 0.462 e. The Morgan fingerprint density at radius 3 is 1.79 bits per heavy atom. The van der Waals surface area contributed by atoms with Crippen LogP contribution < -0.4 is 15.2 Å². The Morgan fingerprint density at radius 2 is 1.27 bits per heavy atom. The molecule has 0 aliphatic carbocycles. The Balaban J connectivity index is 1.85. The Kier molecular flexibility index (Phi) is 7.94. The second-order valence-corrected chi connectivity index (χ2v) is 7.59. The van der Waals surface area contributed by atoms with E-state index in [4.69, 9.17) is 19.9 Å². The number of rotatable bonds is 8. The number of ether oxygens (including phenoxy) is 3. The Labute approximate surface area is 192 Å². The standard InChI is InChI=1S/C26H25NO6/c1-17(2)31-26(30)21(27)15-18-13-14-22(32-24(28)19-9-5-3-6-10-19)23(16-18)33-25(29)20-11-7-4-8-12-20/h3-14,16-17,21H,15,27H2,1-2H3. The van der Waals surface area contributed by atoms with Crippen molar-refractivity contribution in [3.63, 3.8) is 0 Å². The van der Waals surface area contributed by atoms with Crippen LogP contribution in [0.3, 0.4) is 0 Å². The number of nitrogens with two attached hydrogens (primary N) is 1. The SMILES string of the molecule is CC(C)OC(=O)C(N)Cc1ccc(OC(=O)c2ccccc2)c(OC(=O)c2ccccc2)c1. The summed E-state index contributed by atoms with van der Waals surface area (Å²) < 4.78 is 16.2. The summed E-state index contributed by atoms with van der Waals surface area (Å²) in [5.74, 6) is -1.65. The molecule has 0 aliphatic rings. The van der Waals surface area contributed by atoms with Crippen LogP contribution in [-0.4, -0.2) is 30.1 Å². The van der Waals surface area contributed by atoms with Gasteiger partial charge in [-0.2, -0.15) is 0 Å². The molecule has 0 radical (unpaired) electrons. The van der Waals surface area contributed by atoms with E-state index in [1.54, 1.807) is 80.6 Å². The van der Waals surface area contributed by atoms with Crippen molar-refractivity contribution in [2.75, 3.05) is 0 Å². The van der Waals surface area contributed by atoms with Crippen molar-refractivity contribution in [1.82, 2.24) is 0 Å². The first-order chi connectivity index (χ1) is 15.8. The zero-order valence-corrected chi connectivity index (χ0v) is 18.4. The van der Waals surface area contributed by atoms with E-state index in [1.165, 1.54) is 12.1 Å². The molecule has 33 heavy (non-hydrogen) atoms. The fourth-order valence-corrected chi connectivity index (χ4v) is 2.97. The van der Waals surface area contributed by atoms with Crippen LogP contribution in [0.1, 0.15) is 40.1 Å². The normalized spacial score (nSPS) is 11.5. The summed E-state index contributed by atoms with van der Waals surface area (Å²) in [4.78, 5) is 37.2. The van der Waals surface area contributed by atoms with E-state index < -0.39 is 23.9 Å². The fraction of sp³-hybridized carbons (Fsp3) is 0.192. The van der Waals surface area contributed by atoms with Crippen molar-refractivity contribution < 1.29 is 28.6 Å². The number of esters is 3. The second-order valence-electron chi connectivity index (χ2n) is 7.59. The predicted molar refractivity (Wildman–Crippen MR) is 122 cm³/mol. The van der Waals surface area contributed by atoms with Gasteiger partial charge in [0.25, 0.3) is 0 Å². The van der Waals surface area contributed by atoms with Gasteiger partial charge in [-0.05, 0) is 62.2 Å². The fourth-order valence-electron chi connectivity index (χ4n) is 2.97. The van der Waals surface area contributed by atoms with Gasteiger partial charge < -0.3 is 19.9 Å². The first-order valence-electron chi connectivity index (χ1n) is 10.5. The topological polar surface area (TPSA) is 105 Å². The molecule has 170 valence electrons. The number of carbonyl (C=O) groups is 3. The second kappa shape index (κ2) is 11.1. The predicted octanol–water partition coefficient (Wildman–Crippen LogP) is 3.95. The highest BCUT2D eigenvalue weighted by molar-refractivity contribution is 5.93. The minimum Gasteiger partial charge on any atom is -0.462 e. The molecule has 0 amide bonds. The highest BCUT2D eigenvalue weighted by atomic mass is 16.6. The zero-order valence-electron chi connectivity index (χ0n) is 18.4. The van der Waals surface area contributed by atoms with Crippen molar-refractivity contribution in [2.45, 2.75) is 32.4 Å². The van der Waals surface area contributed by atoms with E-state index in [0.29, 0.717) is 16.7 Å². The van der Waals surface area contributed by atoms with Crippen LogP contribution in [0.2, 0.25) is 0 Å². The zero-order chi connectivity index (χ0) is 23.8. The summed E-state index contributed by atoms with van der Waals surface area (Å²) in [6.07, 6.45) is -0.139. The highest BCUT2D eigenvalue weighted by Crippen LogP contribution is 2.30. The van der Waals surface area contributed by atoms with E-state index in [1.807, 2.05) is 0 Å². The molecule has 0 heterocycles. The van der Waals surface area contributed by atoms with Crippen LogP contribution in [0.5, 0.6) is 11.5 Å². The monoisotopic (exact) mass is 447 g/mol. The van der Waals surface area contributed by atoms with Crippen LogP contribution >= 0.6 is 0 Å². The quantitative estimate of drug-likeness (QED) is 0.412. The highest BCUT2D eigenvalue weighted by Gasteiger charge is 2.20. The molecule has 7 heteroatoms. The summed E-state index contributed by atoms with van der Waals surface area (Å²) in [5.41, 5.74) is 7.26. The van der Waals surface area contributed by atoms with Gasteiger partial charge in [0.1, 0.15) is 6.04 Å². The molecule has 1 atom stereocenters. The minimum absolute atomic E-state index is 0.0371. The third-order valence-electron chi connectivity index (χ3n) is 4.54. The van der Waals surface area contributed by atoms with Crippen LogP contribution in [-0.2, 0) is 16.0 Å². The average molecular weight is 447 g/mol. The molecule has 0 saturated carbocycles. The maximum absolute atomic E-state index is 12.6. The Hall–Kier alpha value is -3.97. The lowest BCUT2D eigenvalue weighted by Crippen LogP contribution is -2.35. The molecule has 0 spiro atoms. The average Bonchev–Trinajstić information content (AvgIpc) is 2.81. The smallest absolute Gasteiger partial charge is 0.343 e. The van der Waals surface area contributed by atoms with Crippen LogP contribution in [0.25, 0.3) is 0 Å². The van der Waals surface area contributed by atoms with Gasteiger partial charge in [-0.25, -0.2) is 9.59 Å². The lowest BCUT2D eigenvalue weighted by Gasteiger charge is -2.16. The van der Waals surface area contributed by atoms with Crippen molar-refractivity contribution >= 4 is 17.9 Å². The lowest BCUT2D eigenvalue weighted by atomic mass is 10.1. The van der Waals surface area contributed by atoms with Crippen molar-refractivity contribution in [2.24, 2.45) is 5.73 Å². The van der Waals surface area contributed by atoms with Crippen molar-refractivity contribution in [1.29, 1.82) is 0 Å². The summed E-state index contributed by atoms with van der Waals surface area (Å²) in [5, 5.41) is 0. The number of hydrogen-bond donors (Lipinski definition) is 1. The molecule has 0 aromatic heterocycles. The van der Waals surface area contributed by atoms with E-state index in [2.05, 4.69) is 0 Å². The molecule has 3 aromatic rings. The maximum atomic E-state index is 12.6. The van der Waals surface area contributed by atoms with Crippen LogP contribution in [0.4, 0.5) is 0 Å². The van der Waals surface area contributed by atoms with E-state index in [-0.39, 0.29) is 24.0 Å². The van der Waals surface area contributed by atoms with Gasteiger partial charge in [0.05, 0.1) is 17.2 Å². The maximum Gasteiger partial charge on any atom is 0.343 e. The van der Waals surface area contributed by atoms with Crippen LogP contribution in [0.15, 0.2) is 78.9 Å². The van der Waals surface area contributed by atoms with Crippen molar-refractivity contribution in [3.05, 3.63) is 95.6 Å².